The largest absolute Gasteiger partial charge is 0.375 e. The predicted octanol–water partition coefficient (Wildman–Crippen LogP) is 4.35. The van der Waals surface area contributed by atoms with Crippen LogP contribution in [0.15, 0.2) is 11.6 Å². The fourth-order valence-electron chi connectivity index (χ4n) is 4.32. The van der Waals surface area contributed by atoms with Crippen LogP contribution in [0.1, 0.15) is 77.0 Å². The van der Waals surface area contributed by atoms with E-state index in [-0.39, 0.29) is 5.60 Å². The van der Waals surface area contributed by atoms with E-state index in [2.05, 4.69) is 11.4 Å². The van der Waals surface area contributed by atoms with E-state index in [4.69, 9.17) is 4.74 Å². The second-order valence-corrected chi connectivity index (χ2v) is 7.09. The maximum atomic E-state index is 6.18. The highest BCUT2D eigenvalue weighted by atomic mass is 16.5. The summed E-state index contributed by atoms with van der Waals surface area (Å²) in [6.07, 6.45) is 18.5. The lowest BCUT2D eigenvalue weighted by molar-refractivity contribution is -0.109. The van der Waals surface area contributed by atoms with E-state index >= 15 is 0 Å². The van der Waals surface area contributed by atoms with Gasteiger partial charge in [0.2, 0.25) is 0 Å². The third kappa shape index (κ3) is 3.85. The Morgan fingerprint density at radius 1 is 1.15 bits per heavy atom. The SMILES string of the molecule is C1=C(CCNC2CCOC3(CCCCC3)C2)CCCC1. The zero-order valence-corrected chi connectivity index (χ0v) is 13.0. The Hall–Kier alpha value is -0.340. The van der Waals surface area contributed by atoms with E-state index in [1.54, 1.807) is 5.57 Å². The molecule has 1 saturated carbocycles. The lowest BCUT2D eigenvalue weighted by Gasteiger charge is -2.43. The summed E-state index contributed by atoms with van der Waals surface area (Å²) in [7, 11) is 0. The molecule has 114 valence electrons. The Balaban J connectivity index is 1.42. The fraction of sp³-hybridized carbons (Fsp3) is 0.889. The number of allylic oxidation sites excluding steroid dienone is 1. The van der Waals surface area contributed by atoms with Crippen molar-refractivity contribution >= 4 is 0 Å². The van der Waals surface area contributed by atoms with E-state index in [1.807, 2.05) is 0 Å². The van der Waals surface area contributed by atoms with E-state index in [0.29, 0.717) is 6.04 Å². The summed E-state index contributed by atoms with van der Waals surface area (Å²) in [4.78, 5) is 0. The van der Waals surface area contributed by atoms with Crippen molar-refractivity contribution in [2.24, 2.45) is 0 Å². The third-order valence-electron chi connectivity index (χ3n) is 5.52. The summed E-state index contributed by atoms with van der Waals surface area (Å²) < 4.78 is 6.18. The molecule has 1 unspecified atom stereocenters. The molecule has 2 aliphatic carbocycles. The summed E-state index contributed by atoms with van der Waals surface area (Å²) in [6.45, 7) is 2.15. The van der Waals surface area contributed by atoms with E-state index in [1.165, 1.54) is 83.6 Å². The smallest absolute Gasteiger partial charge is 0.0697 e. The molecule has 2 nitrogen and oxygen atoms in total. The molecule has 1 aliphatic heterocycles. The molecule has 1 N–H and O–H groups in total. The van der Waals surface area contributed by atoms with Crippen molar-refractivity contribution in [2.45, 2.75) is 88.7 Å². The fourth-order valence-corrected chi connectivity index (χ4v) is 4.32. The van der Waals surface area contributed by atoms with Crippen LogP contribution in [0, 0.1) is 0 Å². The molecule has 0 amide bonds. The lowest BCUT2D eigenvalue weighted by Crippen LogP contribution is -2.48. The average Bonchev–Trinajstić information content (AvgIpc) is 2.49. The zero-order valence-electron chi connectivity index (χ0n) is 13.0. The maximum Gasteiger partial charge on any atom is 0.0697 e. The van der Waals surface area contributed by atoms with Gasteiger partial charge >= 0.3 is 0 Å². The molecule has 1 saturated heterocycles. The van der Waals surface area contributed by atoms with Gasteiger partial charge in [0.15, 0.2) is 0 Å². The first-order chi connectivity index (χ1) is 9.86. The third-order valence-corrected chi connectivity index (χ3v) is 5.52. The number of hydrogen-bond acceptors (Lipinski definition) is 2. The normalized spacial score (nSPS) is 30.2. The zero-order chi connectivity index (χ0) is 13.7. The summed E-state index contributed by atoms with van der Waals surface area (Å²) >= 11 is 0. The van der Waals surface area contributed by atoms with E-state index < -0.39 is 0 Å². The lowest BCUT2D eigenvalue weighted by atomic mass is 9.78. The molecule has 0 aromatic heterocycles. The summed E-state index contributed by atoms with van der Waals surface area (Å²) in [5, 5.41) is 3.82. The predicted molar refractivity (Wildman–Crippen MR) is 84.0 cm³/mol. The van der Waals surface area contributed by atoms with Crippen molar-refractivity contribution < 1.29 is 4.74 Å². The van der Waals surface area contributed by atoms with Gasteiger partial charge in [-0.3, -0.25) is 0 Å². The van der Waals surface area contributed by atoms with Gasteiger partial charge in [0, 0.05) is 12.6 Å². The first-order valence-corrected chi connectivity index (χ1v) is 8.92. The first kappa shape index (κ1) is 14.6. The molecule has 1 heterocycles. The molecule has 0 aromatic carbocycles. The Morgan fingerprint density at radius 2 is 2.05 bits per heavy atom. The van der Waals surface area contributed by atoms with Crippen LogP contribution in [0.3, 0.4) is 0 Å². The summed E-state index contributed by atoms with van der Waals surface area (Å²) in [5.74, 6) is 0. The molecule has 0 aromatic rings. The van der Waals surface area contributed by atoms with Crippen molar-refractivity contribution in [1.82, 2.24) is 5.32 Å². The highest BCUT2D eigenvalue weighted by Crippen LogP contribution is 2.38. The Bertz CT molecular complexity index is 325. The summed E-state index contributed by atoms with van der Waals surface area (Å²) in [5.41, 5.74) is 1.95. The molecular weight excluding hydrogens is 246 g/mol. The maximum absolute atomic E-state index is 6.18. The molecule has 2 fully saturated rings. The van der Waals surface area contributed by atoms with Gasteiger partial charge in [-0.15, -0.1) is 0 Å². The van der Waals surface area contributed by atoms with Crippen LogP contribution in [0.5, 0.6) is 0 Å². The minimum absolute atomic E-state index is 0.248. The highest BCUT2D eigenvalue weighted by Gasteiger charge is 2.38. The van der Waals surface area contributed by atoms with Crippen LogP contribution >= 0.6 is 0 Å². The second-order valence-electron chi connectivity index (χ2n) is 7.09. The molecule has 0 bridgehead atoms. The van der Waals surface area contributed by atoms with Gasteiger partial charge in [-0.25, -0.2) is 0 Å². The first-order valence-electron chi connectivity index (χ1n) is 8.92. The minimum Gasteiger partial charge on any atom is -0.375 e. The van der Waals surface area contributed by atoms with Gasteiger partial charge in [0.25, 0.3) is 0 Å². The Labute approximate surface area is 124 Å². The standard InChI is InChI=1S/C18H31NO/c1-3-7-16(8-4-1)9-13-19-17-10-14-20-18(15-17)11-5-2-6-12-18/h7,17,19H,1-6,8-15H2. The van der Waals surface area contributed by atoms with Crippen LogP contribution in [0.2, 0.25) is 0 Å². The van der Waals surface area contributed by atoms with Gasteiger partial charge in [-0.1, -0.05) is 30.9 Å². The molecular formula is C18H31NO. The molecule has 20 heavy (non-hydrogen) atoms. The molecule has 2 heteroatoms. The van der Waals surface area contributed by atoms with Gasteiger partial charge in [0.05, 0.1) is 5.60 Å². The van der Waals surface area contributed by atoms with Crippen LogP contribution in [0.25, 0.3) is 0 Å². The highest BCUT2D eigenvalue weighted by molar-refractivity contribution is 5.05. The van der Waals surface area contributed by atoms with Crippen molar-refractivity contribution in [1.29, 1.82) is 0 Å². The van der Waals surface area contributed by atoms with Crippen LogP contribution in [-0.4, -0.2) is 24.8 Å². The van der Waals surface area contributed by atoms with E-state index in [0.717, 1.165) is 6.61 Å². The van der Waals surface area contributed by atoms with Gasteiger partial charge < -0.3 is 10.1 Å². The van der Waals surface area contributed by atoms with Gasteiger partial charge in [-0.05, 0) is 64.3 Å². The topological polar surface area (TPSA) is 21.3 Å². The van der Waals surface area contributed by atoms with Crippen LogP contribution in [-0.2, 0) is 4.74 Å². The van der Waals surface area contributed by atoms with Crippen molar-refractivity contribution in [3.8, 4) is 0 Å². The van der Waals surface area contributed by atoms with Crippen LogP contribution < -0.4 is 5.32 Å². The number of ether oxygens (including phenoxy) is 1. The Morgan fingerprint density at radius 3 is 2.85 bits per heavy atom. The Kier molecular flexibility index (Phi) is 5.17. The minimum atomic E-state index is 0.248. The van der Waals surface area contributed by atoms with Gasteiger partial charge in [0.1, 0.15) is 0 Å². The number of hydrogen-bond donors (Lipinski definition) is 1. The molecule has 3 rings (SSSR count). The molecule has 1 spiro atoms. The van der Waals surface area contributed by atoms with Gasteiger partial charge in [-0.2, -0.15) is 0 Å². The van der Waals surface area contributed by atoms with E-state index in [9.17, 15) is 0 Å². The van der Waals surface area contributed by atoms with Crippen molar-refractivity contribution in [2.75, 3.05) is 13.2 Å². The molecule has 0 radical (unpaired) electrons. The molecule has 3 aliphatic rings. The van der Waals surface area contributed by atoms with Crippen molar-refractivity contribution in [3.05, 3.63) is 11.6 Å². The average molecular weight is 277 g/mol. The molecule has 1 atom stereocenters. The van der Waals surface area contributed by atoms with Crippen molar-refractivity contribution in [3.63, 3.8) is 0 Å². The summed E-state index contributed by atoms with van der Waals surface area (Å²) in [6, 6.07) is 0.700. The quantitative estimate of drug-likeness (QED) is 0.771. The van der Waals surface area contributed by atoms with Crippen LogP contribution in [0.4, 0.5) is 0 Å². The number of rotatable bonds is 4. The number of nitrogens with one attached hydrogen (secondary N) is 1. The monoisotopic (exact) mass is 277 g/mol. The second kappa shape index (κ2) is 7.09.